The number of rotatable bonds is 5. The number of nitrogens with two attached hydrogens (primary N) is 1. The summed E-state index contributed by atoms with van der Waals surface area (Å²) in [5.41, 5.74) is 7.67. The third-order valence-electron chi connectivity index (χ3n) is 4.78. The number of primary amides is 1. The second kappa shape index (κ2) is 7.34. The predicted octanol–water partition coefficient (Wildman–Crippen LogP) is 2.98. The molecule has 0 bridgehead atoms. The maximum absolute atomic E-state index is 12.4. The van der Waals surface area contributed by atoms with Crippen LogP contribution in [0, 0.1) is 13.8 Å². The van der Waals surface area contributed by atoms with Gasteiger partial charge < -0.3 is 16.0 Å². The fourth-order valence-corrected chi connectivity index (χ4v) is 6.41. The lowest BCUT2D eigenvalue weighted by molar-refractivity contribution is -0.113. The normalized spacial score (nSPS) is 13.1. The van der Waals surface area contributed by atoms with E-state index in [2.05, 4.69) is 15.3 Å². The molecule has 0 atom stereocenters. The van der Waals surface area contributed by atoms with Gasteiger partial charge in [-0.2, -0.15) is 0 Å². The predicted molar refractivity (Wildman–Crippen MR) is 114 cm³/mol. The van der Waals surface area contributed by atoms with Crippen LogP contribution in [0.25, 0.3) is 10.2 Å². The molecule has 3 aromatic rings. The van der Waals surface area contributed by atoms with Crippen LogP contribution in [0.2, 0.25) is 0 Å². The Balaban J connectivity index is 1.49. The molecular weight excluding hydrogens is 416 g/mol. The molecule has 0 aromatic carbocycles. The maximum Gasteiger partial charge on any atom is 0.260 e. The zero-order chi connectivity index (χ0) is 20.0. The van der Waals surface area contributed by atoms with Crippen LogP contribution in [0.5, 0.6) is 0 Å². The molecule has 4 rings (SSSR count). The van der Waals surface area contributed by atoms with Gasteiger partial charge in [0.1, 0.15) is 9.83 Å². The summed E-state index contributed by atoms with van der Waals surface area (Å²) < 4.78 is 0. The molecule has 10 heteroatoms. The van der Waals surface area contributed by atoms with Crippen LogP contribution in [0.3, 0.4) is 0 Å². The summed E-state index contributed by atoms with van der Waals surface area (Å²) in [5, 5.41) is 4.32. The molecule has 0 saturated heterocycles. The number of thioether (sulfide) groups is 1. The number of nitrogens with one attached hydrogen (secondary N) is 2. The van der Waals surface area contributed by atoms with Crippen LogP contribution in [0.15, 0.2) is 9.95 Å². The quantitative estimate of drug-likeness (QED) is 0.421. The number of hydrogen-bond acceptors (Lipinski definition) is 7. The van der Waals surface area contributed by atoms with Crippen molar-refractivity contribution in [3.05, 3.63) is 36.8 Å². The van der Waals surface area contributed by atoms with Gasteiger partial charge in [0.15, 0.2) is 5.16 Å². The molecule has 0 fully saturated rings. The van der Waals surface area contributed by atoms with Gasteiger partial charge in [0.25, 0.3) is 11.5 Å². The van der Waals surface area contributed by atoms with Gasteiger partial charge in [-0.3, -0.25) is 14.4 Å². The Hall–Kier alpha value is -2.17. The number of anilines is 1. The highest BCUT2D eigenvalue weighted by atomic mass is 32.2. The monoisotopic (exact) mass is 434 g/mol. The van der Waals surface area contributed by atoms with E-state index in [0.717, 1.165) is 51.9 Å². The van der Waals surface area contributed by atoms with E-state index in [4.69, 9.17) is 5.73 Å². The summed E-state index contributed by atoms with van der Waals surface area (Å²) in [7, 11) is 0. The minimum atomic E-state index is -0.512. The number of aromatic nitrogens is 2. The number of fused-ring (bicyclic) bond motifs is 2. The number of carbonyl (C=O) groups is 2. The van der Waals surface area contributed by atoms with Crippen molar-refractivity contribution in [2.45, 2.75) is 38.3 Å². The number of amides is 2. The molecular formula is C18H18N4O3S3. The minimum Gasteiger partial charge on any atom is -0.365 e. The first-order valence-electron chi connectivity index (χ1n) is 8.72. The standard InChI is InChI=1S/C18H18N4O3S3/c1-7-8(2)27-16-12(7)15(25)21-18(22-16)26-6-11(23)20-17-13(14(19)24)9-4-3-5-10(9)28-17/h3-6H2,1-2H3,(H2,19,24)(H,20,23)(H,21,22,25). The summed E-state index contributed by atoms with van der Waals surface area (Å²) in [6, 6.07) is 0. The van der Waals surface area contributed by atoms with Crippen molar-refractivity contribution < 1.29 is 9.59 Å². The van der Waals surface area contributed by atoms with Gasteiger partial charge >= 0.3 is 0 Å². The molecule has 0 radical (unpaired) electrons. The topological polar surface area (TPSA) is 118 Å². The summed E-state index contributed by atoms with van der Waals surface area (Å²) in [4.78, 5) is 46.6. The van der Waals surface area contributed by atoms with Crippen LogP contribution < -0.4 is 16.6 Å². The van der Waals surface area contributed by atoms with Crippen molar-refractivity contribution in [2.75, 3.05) is 11.1 Å². The lowest BCUT2D eigenvalue weighted by Gasteiger charge is -2.06. The fourth-order valence-electron chi connectivity index (χ4n) is 3.35. The highest BCUT2D eigenvalue weighted by molar-refractivity contribution is 7.99. The van der Waals surface area contributed by atoms with Crippen LogP contribution in [-0.2, 0) is 17.6 Å². The lowest BCUT2D eigenvalue weighted by atomic mass is 10.1. The molecule has 2 amide bonds. The van der Waals surface area contributed by atoms with Crippen LogP contribution in [-0.4, -0.2) is 27.5 Å². The SMILES string of the molecule is Cc1sc2nc(SCC(=O)Nc3sc4c(c3C(N)=O)CCC4)[nH]c(=O)c2c1C. The first-order chi connectivity index (χ1) is 13.3. The number of aromatic amines is 1. The highest BCUT2D eigenvalue weighted by Crippen LogP contribution is 2.39. The number of thiophene rings is 2. The fraction of sp³-hybridized carbons (Fsp3) is 0.333. The van der Waals surface area contributed by atoms with Crippen molar-refractivity contribution >= 4 is 61.5 Å². The van der Waals surface area contributed by atoms with E-state index in [-0.39, 0.29) is 17.2 Å². The zero-order valence-electron chi connectivity index (χ0n) is 15.3. The minimum absolute atomic E-state index is 0.0680. The largest absolute Gasteiger partial charge is 0.365 e. The Kier molecular flexibility index (Phi) is 5.02. The van der Waals surface area contributed by atoms with Crippen molar-refractivity contribution in [3.8, 4) is 0 Å². The van der Waals surface area contributed by atoms with Crippen molar-refractivity contribution in [1.29, 1.82) is 0 Å². The number of nitrogens with zero attached hydrogens (tertiary/aromatic N) is 1. The molecule has 0 saturated carbocycles. The number of aryl methyl sites for hydroxylation is 3. The Morgan fingerprint density at radius 3 is 2.82 bits per heavy atom. The Morgan fingerprint density at radius 1 is 1.29 bits per heavy atom. The van der Waals surface area contributed by atoms with Gasteiger partial charge in [0.05, 0.1) is 16.7 Å². The first kappa shape index (κ1) is 19.2. The second-order valence-electron chi connectivity index (χ2n) is 6.60. The second-order valence-corrected chi connectivity index (χ2v) is 9.87. The average Bonchev–Trinajstić information content (AvgIpc) is 3.26. The van der Waals surface area contributed by atoms with E-state index in [1.165, 1.54) is 22.7 Å². The molecule has 1 aliphatic carbocycles. The molecule has 146 valence electrons. The number of H-pyrrole nitrogens is 1. The lowest BCUT2D eigenvalue weighted by Crippen LogP contribution is -2.19. The van der Waals surface area contributed by atoms with Crippen molar-refractivity contribution in [1.82, 2.24) is 9.97 Å². The van der Waals surface area contributed by atoms with Crippen LogP contribution >= 0.6 is 34.4 Å². The van der Waals surface area contributed by atoms with Gasteiger partial charge in [-0.25, -0.2) is 4.98 Å². The third kappa shape index (κ3) is 3.36. The molecule has 4 N–H and O–H groups in total. The van der Waals surface area contributed by atoms with Crippen LogP contribution in [0.1, 0.15) is 37.7 Å². The summed E-state index contributed by atoms with van der Waals surface area (Å²) in [6.45, 7) is 3.86. The highest BCUT2D eigenvalue weighted by Gasteiger charge is 2.26. The number of carbonyl (C=O) groups excluding carboxylic acids is 2. The molecule has 0 unspecified atom stereocenters. The molecule has 0 aliphatic heterocycles. The molecule has 0 spiro atoms. The summed E-state index contributed by atoms with van der Waals surface area (Å²) in [6.07, 6.45) is 2.74. The van der Waals surface area contributed by atoms with Gasteiger partial charge in [-0.05, 0) is 44.2 Å². The number of hydrogen-bond donors (Lipinski definition) is 3. The third-order valence-corrected chi connectivity index (χ3v) is 7.96. The molecule has 3 aromatic heterocycles. The van der Waals surface area contributed by atoms with E-state index >= 15 is 0 Å². The molecule has 1 aliphatic rings. The van der Waals surface area contributed by atoms with E-state index in [1.807, 2.05) is 13.8 Å². The molecule has 3 heterocycles. The smallest absolute Gasteiger partial charge is 0.260 e. The Bertz CT molecular complexity index is 1180. The average molecular weight is 435 g/mol. The van der Waals surface area contributed by atoms with E-state index in [9.17, 15) is 14.4 Å². The van der Waals surface area contributed by atoms with Gasteiger partial charge in [-0.15, -0.1) is 22.7 Å². The molecule has 7 nitrogen and oxygen atoms in total. The van der Waals surface area contributed by atoms with Gasteiger partial charge in [0.2, 0.25) is 5.91 Å². The van der Waals surface area contributed by atoms with E-state index < -0.39 is 5.91 Å². The van der Waals surface area contributed by atoms with Crippen LogP contribution in [0.4, 0.5) is 5.00 Å². The molecule has 28 heavy (non-hydrogen) atoms. The van der Waals surface area contributed by atoms with Gasteiger partial charge in [-0.1, -0.05) is 11.8 Å². The van der Waals surface area contributed by atoms with E-state index in [0.29, 0.717) is 25.9 Å². The Labute approximate surface area is 172 Å². The maximum atomic E-state index is 12.4. The summed E-state index contributed by atoms with van der Waals surface area (Å²) in [5.74, 6) is -0.714. The van der Waals surface area contributed by atoms with Gasteiger partial charge in [0, 0.05) is 9.75 Å². The van der Waals surface area contributed by atoms with Crippen molar-refractivity contribution in [3.63, 3.8) is 0 Å². The van der Waals surface area contributed by atoms with Crippen molar-refractivity contribution in [2.24, 2.45) is 5.73 Å². The summed E-state index contributed by atoms with van der Waals surface area (Å²) >= 11 is 4.04. The zero-order valence-corrected chi connectivity index (χ0v) is 17.8. The van der Waals surface area contributed by atoms with E-state index in [1.54, 1.807) is 0 Å². The first-order valence-corrected chi connectivity index (χ1v) is 11.3. The Morgan fingerprint density at radius 2 is 2.07 bits per heavy atom.